The maximum absolute atomic E-state index is 12.2. The molecule has 102 valence electrons. The van der Waals surface area contributed by atoms with Gasteiger partial charge < -0.3 is 14.5 Å². The number of carbonyl (C=O) groups is 2. The van der Waals surface area contributed by atoms with Crippen LogP contribution in [-0.4, -0.2) is 61.0 Å². The van der Waals surface area contributed by atoms with Crippen LogP contribution in [0, 0.1) is 5.92 Å². The Hall–Kier alpha value is -1.40. The summed E-state index contributed by atoms with van der Waals surface area (Å²) in [6.07, 6.45) is 0. The van der Waals surface area contributed by atoms with Crippen LogP contribution in [0.2, 0.25) is 0 Å². The zero-order chi connectivity index (χ0) is 13.2. The van der Waals surface area contributed by atoms with Crippen molar-refractivity contribution in [2.45, 2.75) is 0 Å². The quantitative estimate of drug-likeness (QED) is 0.800. The summed E-state index contributed by atoms with van der Waals surface area (Å²) in [6, 6.07) is 3.69. The summed E-state index contributed by atoms with van der Waals surface area (Å²) in [5, 5.41) is 1.89. The smallest absolute Gasteiger partial charge is 0.263 e. The lowest BCUT2D eigenvalue weighted by molar-refractivity contribution is -0.143. The highest BCUT2D eigenvalue weighted by molar-refractivity contribution is 7.12. The van der Waals surface area contributed by atoms with Gasteiger partial charge in [0.1, 0.15) is 0 Å². The van der Waals surface area contributed by atoms with Gasteiger partial charge in [-0.25, -0.2) is 0 Å². The van der Waals surface area contributed by atoms with E-state index in [-0.39, 0.29) is 17.7 Å². The standard InChI is InChI=1S/C13H16N2O3S/c16-12(14-3-5-18-6-4-14)10-8-15(9-10)13(17)11-2-1-7-19-11/h1-2,7,10H,3-6,8-9H2. The minimum Gasteiger partial charge on any atom is -0.378 e. The fourth-order valence-electron chi connectivity index (χ4n) is 2.40. The van der Waals surface area contributed by atoms with Crippen LogP contribution >= 0.6 is 11.3 Å². The maximum Gasteiger partial charge on any atom is 0.263 e. The van der Waals surface area contributed by atoms with Gasteiger partial charge in [-0.1, -0.05) is 6.07 Å². The normalized spacial score (nSPS) is 20.2. The molecular weight excluding hydrogens is 264 g/mol. The maximum atomic E-state index is 12.2. The highest BCUT2D eigenvalue weighted by Gasteiger charge is 2.38. The molecule has 1 aromatic heterocycles. The van der Waals surface area contributed by atoms with Gasteiger partial charge in [0.15, 0.2) is 0 Å². The zero-order valence-electron chi connectivity index (χ0n) is 10.6. The summed E-state index contributed by atoms with van der Waals surface area (Å²) >= 11 is 1.44. The van der Waals surface area contributed by atoms with Gasteiger partial charge in [0.25, 0.3) is 5.91 Å². The second-order valence-electron chi connectivity index (χ2n) is 4.82. The van der Waals surface area contributed by atoms with Crippen LogP contribution < -0.4 is 0 Å². The highest BCUT2D eigenvalue weighted by atomic mass is 32.1. The van der Waals surface area contributed by atoms with Crippen molar-refractivity contribution < 1.29 is 14.3 Å². The van der Waals surface area contributed by atoms with Crippen LogP contribution in [-0.2, 0) is 9.53 Å². The number of rotatable bonds is 2. The Morgan fingerprint density at radius 1 is 1.21 bits per heavy atom. The van der Waals surface area contributed by atoms with Crippen molar-refractivity contribution in [1.82, 2.24) is 9.80 Å². The van der Waals surface area contributed by atoms with E-state index >= 15 is 0 Å². The molecule has 19 heavy (non-hydrogen) atoms. The van der Waals surface area contributed by atoms with E-state index in [1.54, 1.807) is 4.90 Å². The molecule has 0 saturated carbocycles. The van der Waals surface area contributed by atoms with E-state index < -0.39 is 0 Å². The van der Waals surface area contributed by atoms with E-state index in [9.17, 15) is 9.59 Å². The molecule has 2 saturated heterocycles. The van der Waals surface area contributed by atoms with Crippen molar-refractivity contribution in [3.63, 3.8) is 0 Å². The first-order valence-electron chi connectivity index (χ1n) is 6.45. The lowest BCUT2D eigenvalue weighted by atomic mass is 9.98. The lowest BCUT2D eigenvalue weighted by Crippen LogP contribution is -2.57. The SMILES string of the molecule is O=C(c1cccs1)N1CC(C(=O)N2CCOCC2)C1. The molecule has 3 heterocycles. The van der Waals surface area contributed by atoms with Crippen LogP contribution in [0.15, 0.2) is 17.5 Å². The number of carbonyl (C=O) groups excluding carboxylic acids is 2. The van der Waals surface area contributed by atoms with E-state index in [1.165, 1.54) is 11.3 Å². The van der Waals surface area contributed by atoms with Crippen molar-refractivity contribution in [2.75, 3.05) is 39.4 Å². The molecule has 2 amide bonds. The summed E-state index contributed by atoms with van der Waals surface area (Å²) < 4.78 is 5.23. The molecule has 2 aliphatic heterocycles. The molecule has 0 aromatic carbocycles. The minimum absolute atomic E-state index is 0.0259. The average molecular weight is 280 g/mol. The molecule has 2 fully saturated rings. The van der Waals surface area contributed by atoms with Crippen molar-refractivity contribution in [3.05, 3.63) is 22.4 Å². The molecule has 0 N–H and O–H groups in total. The van der Waals surface area contributed by atoms with Gasteiger partial charge in [0.05, 0.1) is 24.0 Å². The minimum atomic E-state index is -0.0259. The zero-order valence-corrected chi connectivity index (χ0v) is 11.4. The Kier molecular flexibility index (Phi) is 3.52. The van der Waals surface area contributed by atoms with Gasteiger partial charge in [0, 0.05) is 26.2 Å². The van der Waals surface area contributed by atoms with Gasteiger partial charge >= 0.3 is 0 Å². The molecular formula is C13H16N2O3S. The third-order valence-electron chi connectivity index (χ3n) is 3.57. The first-order valence-corrected chi connectivity index (χ1v) is 7.33. The first-order chi connectivity index (χ1) is 9.25. The van der Waals surface area contributed by atoms with Crippen LogP contribution in [0.25, 0.3) is 0 Å². The van der Waals surface area contributed by atoms with Gasteiger partial charge in [-0.05, 0) is 11.4 Å². The summed E-state index contributed by atoms with van der Waals surface area (Å²) in [5.74, 6) is 0.182. The second-order valence-corrected chi connectivity index (χ2v) is 5.77. The Morgan fingerprint density at radius 2 is 1.95 bits per heavy atom. The van der Waals surface area contributed by atoms with Crippen LogP contribution in [0.1, 0.15) is 9.67 Å². The molecule has 5 nitrogen and oxygen atoms in total. The molecule has 0 radical (unpaired) electrons. The van der Waals surface area contributed by atoms with Crippen molar-refractivity contribution in [1.29, 1.82) is 0 Å². The summed E-state index contributed by atoms with van der Waals surface area (Å²) in [4.78, 5) is 28.5. The summed E-state index contributed by atoms with van der Waals surface area (Å²) in [6.45, 7) is 3.69. The highest BCUT2D eigenvalue weighted by Crippen LogP contribution is 2.22. The lowest BCUT2D eigenvalue weighted by Gasteiger charge is -2.41. The van der Waals surface area contributed by atoms with Crippen molar-refractivity contribution >= 4 is 23.2 Å². The Bertz CT molecular complexity index is 462. The predicted molar refractivity (Wildman–Crippen MR) is 71.1 cm³/mol. The summed E-state index contributed by atoms with van der Waals surface area (Å²) in [7, 11) is 0. The van der Waals surface area contributed by atoms with E-state index in [2.05, 4.69) is 0 Å². The molecule has 0 spiro atoms. The molecule has 2 aliphatic rings. The number of hydrogen-bond donors (Lipinski definition) is 0. The van der Waals surface area contributed by atoms with E-state index in [0.717, 1.165) is 4.88 Å². The first kappa shape index (κ1) is 12.6. The Labute approximate surface area is 115 Å². The van der Waals surface area contributed by atoms with E-state index in [0.29, 0.717) is 39.4 Å². The predicted octanol–water partition coefficient (Wildman–Crippen LogP) is 0.679. The van der Waals surface area contributed by atoms with Gasteiger partial charge in [-0.15, -0.1) is 11.3 Å². The topological polar surface area (TPSA) is 49.9 Å². The van der Waals surface area contributed by atoms with Crippen molar-refractivity contribution in [2.24, 2.45) is 5.92 Å². The van der Waals surface area contributed by atoms with Crippen LogP contribution in [0.3, 0.4) is 0 Å². The van der Waals surface area contributed by atoms with E-state index in [1.807, 2.05) is 22.4 Å². The Morgan fingerprint density at radius 3 is 2.58 bits per heavy atom. The second kappa shape index (κ2) is 5.30. The number of nitrogens with zero attached hydrogens (tertiary/aromatic N) is 2. The Balaban J connectivity index is 1.52. The third kappa shape index (κ3) is 2.50. The molecule has 6 heteroatoms. The largest absolute Gasteiger partial charge is 0.378 e. The van der Waals surface area contributed by atoms with Gasteiger partial charge in [-0.3, -0.25) is 9.59 Å². The molecule has 3 rings (SSSR count). The number of ether oxygens (including phenoxy) is 1. The average Bonchev–Trinajstić information content (AvgIpc) is 2.91. The number of amides is 2. The number of morpholine rings is 1. The molecule has 0 bridgehead atoms. The number of thiophene rings is 1. The van der Waals surface area contributed by atoms with Gasteiger partial charge in [0.2, 0.25) is 5.91 Å². The molecule has 1 aromatic rings. The fourth-order valence-corrected chi connectivity index (χ4v) is 3.09. The molecule has 0 unspecified atom stereocenters. The fraction of sp³-hybridized carbons (Fsp3) is 0.538. The van der Waals surface area contributed by atoms with Gasteiger partial charge in [-0.2, -0.15) is 0 Å². The third-order valence-corrected chi connectivity index (χ3v) is 4.43. The number of hydrogen-bond acceptors (Lipinski definition) is 4. The van der Waals surface area contributed by atoms with Crippen molar-refractivity contribution in [3.8, 4) is 0 Å². The van der Waals surface area contributed by atoms with Crippen LogP contribution in [0.5, 0.6) is 0 Å². The number of likely N-dealkylation sites (tertiary alicyclic amines) is 1. The molecule has 0 aliphatic carbocycles. The van der Waals surface area contributed by atoms with Crippen LogP contribution in [0.4, 0.5) is 0 Å². The summed E-state index contributed by atoms with van der Waals surface area (Å²) in [5.41, 5.74) is 0. The monoisotopic (exact) mass is 280 g/mol. The van der Waals surface area contributed by atoms with E-state index in [4.69, 9.17) is 4.74 Å². The molecule has 0 atom stereocenters.